The molecule has 49 heavy (non-hydrogen) atoms. The van der Waals surface area contributed by atoms with Crippen molar-refractivity contribution in [1.29, 1.82) is 0 Å². The lowest BCUT2D eigenvalue weighted by atomic mass is 10.0. The van der Waals surface area contributed by atoms with E-state index in [9.17, 15) is 9.90 Å². The molecule has 0 radical (unpaired) electrons. The highest BCUT2D eigenvalue weighted by Gasteiger charge is 2.24. The van der Waals surface area contributed by atoms with Gasteiger partial charge in [-0.1, -0.05) is 127 Å². The second-order valence-corrected chi connectivity index (χ2v) is 13.5. The maximum Gasteiger partial charge on any atom is 0.231 e. The molecule has 0 bridgehead atoms. The van der Waals surface area contributed by atoms with Crippen molar-refractivity contribution in [2.24, 2.45) is 0 Å². The number of carbonyl (C=O) groups excluding carboxylic acids is 1. The number of aliphatic hydroxyl groups excluding tert-OH is 1. The highest BCUT2D eigenvalue weighted by atomic mass is 16.5. The van der Waals surface area contributed by atoms with Crippen LogP contribution in [0.3, 0.4) is 0 Å². The van der Waals surface area contributed by atoms with Crippen LogP contribution in [-0.4, -0.2) is 55.1 Å². The van der Waals surface area contributed by atoms with Gasteiger partial charge in [-0.2, -0.15) is 0 Å². The van der Waals surface area contributed by atoms with Gasteiger partial charge in [0, 0.05) is 36.2 Å². The van der Waals surface area contributed by atoms with Crippen molar-refractivity contribution in [2.75, 3.05) is 33.4 Å². The van der Waals surface area contributed by atoms with Gasteiger partial charge in [0.15, 0.2) is 11.5 Å². The van der Waals surface area contributed by atoms with Crippen molar-refractivity contribution in [1.82, 2.24) is 9.88 Å². The average Bonchev–Trinajstić information content (AvgIpc) is 3.47. The molecule has 1 unspecified atom stereocenters. The predicted octanol–water partition coefficient (Wildman–Crippen LogP) is 9.92. The van der Waals surface area contributed by atoms with Crippen LogP contribution in [0.15, 0.2) is 48.5 Å². The van der Waals surface area contributed by atoms with Crippen LogP contribution in [-0.2, 0) is 6.42 Å². The molecule has 1 aromatic heterocycles. The van der Waals surface area contributed by atoms with E-state index in [1.54, 1.807) is 7.11 Å². The second kappa shape index (κ2) is 22.4. The lowest BCUT2D eigenvalue weighted by molar-refractivity contribution is 0.0901. The molecule has 1 atom stereocenters. The summed E-state index contributed by atoms with van der Waals surface area (Å²) in [4.78, 5) is 13.6. The zero-order valence-corrected chi connectivity index (χ0v) is 30.4. The van der Waals surface area contributed by atoms with E-state index >= 15 is 0 Å². The van der Waals surface area contributed by atoms with Crippen LogP contribution in [0.5, 0.6) is 17.2 Å². The number of aromatic nitrogens is 1. The van der Waals surface area contributed by atoms with Crippen LogP contribution in [0.1, 0.15) is 132 Å². The van der Waals surface area contributed by atoms with Crippen molar-refractivity contribution in [3.63, 3.8) is 0 Å². The van der Waals surface area contributed by atoms with Crippen molar-refractivity contribution in [2.45, 2.75) is 129 Å². The van der Waals surface area contributed by atoms with Crippen LogP contribution < -0.4 is 19.5 Å². The third kappa shape index (κ3) is 12.5. The largest absolute Gasteiger partial charge is 0.493 e. The third-order valence-corrected chi connectivity index (χ3v) is 9.59. The summed E-state index contributed by atoms with van der Waals surface area (Å²) in [6.07, 6.45) is 25.7. The van der Waals surface area contributed by atoms with Gasteiger partial charge < -0.3 is 24.6 Å². The molecule has 0 saturated heterocycles. The Labute approximate surface area is 295 Å². The minimum absolute atomic E-state index is 0.149. The Balaban J connectivity index is 1.17. The highest BCUT2D eigenvalue weighted by molar-refractivity contribution is 6.02. The Hall–Kier alpha value is -3.29. The molecule has 1 heterocycles. The van der Waals surface area contributed by atoms with Gasteiger partial charge in [-0.15, -0.1) is 0 Å². The first-order valence-electron chi connectivity index (χ1n) is 19.3. The van der Waals surface area contributed by atoms with E-state index in [1.165, 1.54) is 83.5 Å². The van der Waals surface area contributed by atoms with Crippen LogP contribution in [0.4, 0.5) is 0 Å². The molecule has 0 spiro atoms. The summed E-state index contributed by atoms with van der Waals surface area (Å²) in [7, 11) is 1.62. The zero-order valence-electron chi connectivity index (χ0n) is 30.4. The molecule has 7 nitrogen and oxygen atoms in total. The third-order valence-electron chi connectivity index (χ3n) is 9.59. The van der Waals surface area contributed by atoms with Gasteiger partial charge in [0.05, 0.1) is 12.6 Å². The fraction of sp³-hybridized carbons (Fsp3) is 0.595. The summed E-state index contributed by atoms with van der Waals surface area (Å²) < 4.78 is 19.3. The number of nitrogens with zero attached hydrogens (tertiary/aromatic N) is 1. The highest BCUT2D eigenvalue weighted by Crippen LogP contribution is 2.37. The van der Waals surface area contributed by atoms with E-state index < -0.39 is 6.10 Å². The Morgan fingerprint density at radius 2 is 1.45 bits per heavy atom. The number of hydrogen-bond acceptors (Lipinski definition) is 6. The summed E-state index contributed by atoms with van der Waals surface area (Å²) in [6.45, 7) is 3.83. The molecule has 1 aliphatic rings. The van der Waals surface area contributed by atoms with Crippen LogP contribution in [0.2, 0.25) is 0 Å². The molecular weight excluding hydrogens is 612 g/mol. The maximum atomic E-state index is 13.6. The quantitative estimate of drug-likeness (QED) is 0.0825. The van der Waals surface area contributed by atoms with Crippen molar-refractivity contribution >= 4 is 22.9 Å². The molecule has 4 rings (SSSR count). The zero-order chi connectivity index (χ0) is 34.5. The van der Waals surface area contributed by atoms with E-state index in [0.717, 1.165) is 47.8 Å². The second-order valence-electron chi connectivity index (χ2n) is 13.5. The minimum Gasteiger partial charge on any atom is -0.493 e. The van der Waals surface area contributed by atoms with E-state index in [2.05, 4.69) is 24.4 Å². The summed E-state index contributed by atoms with van der Waals surface area (Å²) in [5.74, 6) is 2.27. The molecule has 2 N–H and O–H groups in total. The van der Waals surface area contributed by atoms with Gasteiger partial charge in [0.2, 0.25) is 5.91 Å². The first-order chi connectivity index (χ1) is 24.1. The normalized spacial score (nSPS) is 13.0. The Bertz CT molecular complexity index is 1410. The first-order valence-corrected chi connectivity index (χ1v) is 19.3. The Kier molecular flexibility index (Phi) is 17.6. The number of para-hydroxylation sites is 2. The number of rotatable bonds is 26. The molecule has 270 valence electrons. The van der Waals surface area contributed by atoms with E-state index in [4.69, 9.17) is 14.2 Å². The summed E-state index contributed by atoms with van der Waals surface area (Å²) in [5, 5.41) is 14.8. The average molecular weight is 675 g/mol. The van der Waals surface area contributed by atoms with Crippen LogP contribution in [0.25, 0.3) is 17.0 Å². The number of allylic oxidation sites excluding steroid dienone is 1. The standard InChI is InChI=1S/C42H62N2O5/c1-3-4-5-6-7-8-9-10-11-12-13-14-15-16-17-29-41(46)44-36-24-19-18-23-35(36)42-37(44)25-22-28-40(42)49-33-34(45)32-43-30-31-48-39-27-21-20-26-38(39)47-2/h18,20-23,25-28,34,43,45H,3-17,19,24,29-33H2,1-2H3. The molecule has 7 heteroatoms. The number of unbranched alkanes of at least 4 members (excludes halogenated alkanes) is 14. The SMILES string of the molecule is CCCCCCCCCCCCCCCCCC(=O)n1c2c(c3c(OCC(O)CNCCOc4ccccc4OC)cccc31)C=CCC2. The monoisotopic (exact) mass is 674 g/mol. The molecule has 0 fully saturated rings. The number of methoxy groups -OCH3 is 1. The lowest BCUT2D eigenvalue weighted by Gasteiger charge is -2.15. The molecule has 0 amide bonds. The number of aliphatic hydroxyl groups is 1. The van der Waals surface area contributed by atoms with Gasteiger partial charge in [-0.3, -0.25) is 9.36 Å². The molecule has 1 aliphatic carbocycles. The van der Waals surface area contributed by atoms with E-state index in [-0.39, 0.29) is 12.5 Å². The fourth-order valence-corrected chi connectivity index (χ4v) is 6.88. The molecular formula is C42H62N2O5. The number of nitrogens with one attached hydrogen (secondary N) is 1. The van der Waals surface area contributed by atoms with Gasteiger partial charge >= 0.3 is 0 Å². The smallest absolute Gasteiger partial charge is 0.231 e. The van der Waals surface area contributed by atoms with E-state index in [0.29, 0.717) is 43.4 Å². The van der Waals surface area contributed by atoms with Crippen LogP contribution >= 0.6 is 0 Å². The Morgan fingerprint density at radius 1 is 0.816 bits per heavy atom. The van der Waals surface area contributed by atoms with Crippen molar-refractivity contribution in [3.05, 3.63) is 59.8 Å². The lowest BCUT2D eigenvalue weighted by Crippen LogP contribution is -2.33. The van der Waals surface area contributed by atoms with Gasteiger partial charge in [0.25, 0.3) is 0 Å². The topological polar surface area (TPSA) is 82.0 Å². The number of ether oxygens (including phenoxy) is 3. The number of fused-ring (bicyclic) bond motifs is 3. The molecule has 0 saturated carbocycles. The summed E-state index contributed by atoms with van der Waals surface area (Å²) in [5.41, 5.74) is 3.06. The van der Waals surface area contributed by atoms with Gasteiger partial charge in [-0.05, 0) is 43.5 Å². The summed E-state index contributed by atoms with van der Waals surface area (Å²) in [6, 6.07) is 13.5. The predicted molar refractivity (Wildman–Crippen MR) is 202 cm³/mol. The van der Waals surface area contributed by atoms with Crippen LogP contribution in [0, 0.1) is 0 Å². The molecule has 2 aromatic carbocycles. The first kappa shape index (κ1) is 38.5. The fourth-order valence-electron chi connectivity index (χ4n) is 6.88. The Morgan fingerprint density at radius 3 is 2.12 bits per heavy atom. The van der Waals surface area contributed by atoms with Gasteiger partial charge in [-0.25, -0.2) is 0 Å². The van der Waals surface area contributed by atoms with E-state index in [1.807, 2.05) is 47.0 Å². The van der Waals surface area contributed by atoms with Gasteiger partial charge in [0.1, 0.15) is 25.1 Å². The van der Waals surface area contributed by atoms with Crippen molar-refractivity contribution < 1.29 is 24.1 Å². The maximum absolute atomic E-state index is 13.6. The minimum atomic E-state index is -0.693. The molecule has 3 aromatic rings. The molecule has 0 aliphatic heterocycles. The number of carbonyl (C=O) groups is 1. The van der Waals surface area contributed by atoms with Crippen molar-refractivity contribution in [3.8, 4) is 17.2 Å². The number of benzene rings is 2. The summed E-state index contributed by atoms with van der Waals surface area (Å²) >= 11 is 0. The number of hydrogen-bond donors (Lipinski definition) is 2.